The van der Waals surface area contributed by atoms with Crippen LogP contribution in [0.3, 0.4) is 0 Å². The van der Waals surface area contributed by atoms with Crippen molar-refractivity contribution in [2.75, 3.05) is 0 Å². The highest BCUT2D eigenvalue weighted by atomic mass is 16.3. The molecule has 0 bridgehead atoms. The maximum Gasteiger partial charge on any atom is 0.145 e. The summed E-state index contributed by atoms with van der Waals surface area (Å²) in [6.45, 7) is 18.9. The molecule has 0 saturated carbocycles. The van der Waals surface area contributed by atoms with E-state index in [4.69, 9.17) is 18.8 Å². The first-order valence-electron chi connectivity index (χ1n) is 19.2. The fourth-order valence-electron chi connectivity index (χ4n) is 10.8. The van der Waals surface area contributed by atoms with Crippen LogP contribution in [0.25, 0.3) is 98.5 Å². The molecule has 0 saturated heterocycles. The third-order valence-electron chi connectivity index (χ3n) is 15.2. The van der Waals surface area contributed by atoms with Crippen molar-refractivity contribution in [1.29, 1.82) is 0 Å². The highest BCUT2D eigenvalue weighted by Gasteiger charge is 2.47. The van der Waals surface area contributed by atoms with E-state index in [1.54, 1.807) is 0 Å². The van der Waals surface area contributed by atoms with Gasteiger partial charge in [0, 0.05) is 88.5 Å². The quantitative estimate of drug-likeness (QED) is 0.148. The highest BCUT2D eigenvalue weighted by molar-refractivity contribution is 6.30. The van der Waals surface area contributed by atoms with Crippen molar-refractivity contribution < 1.29 is 8.83 Å². The van der Waals surface area contributed by atoms with Crippen molar-refractivity contribution in [2.45, 2.75) is 77.0 Å². The van der Waals surface area contributed by atoms with Gasteiger partial charge in [0.05, 0.1) is 11.0 Å². The van der Waals surface area contributed by atoms with Crippen molar-refractivity contribution in [2.24, 2.45) is 0 Å². The van der Waals surface area contributed by atoms with Crippen LogP contribution in [0.5, 0.6) is 0 Å². The van der Waals surface area contributed by atoms with Crippen molar-refractivity contribution in [3.05, 3.63) is 108 Å². The smallest absolute Gasteiger partial charge is 0.145 e. The molecule has 262 valence electrons. The van der Waals surface area contributed by atoms with Gasteiger partial charge >= 0.3 is 0 Å². The molecule has 13 rings (SSSR count). The predicted molar refractivity (Wildman–Crippen MR) is 221 cm³/mol. The van der Waals surface area contributed by atoms with E-state index in [9.17, 15) is 0 Å². The summed E-state index contributed by atoms with van der Waals surface area (Å²) in [5.74, 6) is 0. The minimum absolute atomic E-state index is 0.0768. The molecule has 2 aliphatic heterocycles. The summed E-state index contributed by atoms with van der Waals surface area (Å²) in [6, 6.07) is 26.8. The molecule has 2 aliphatic rings. The number of imidazole rings is 2. The number of fused-ring (bicyclic) bond motifs is 13. The van der Waals surface area contributed by atoms with Gasteiger partial charge < -0.3 is 8.83 Å². The Bertz CT molecular complexity index is 3380. The highest BCUT2D eigenvalue weighted by Crippen LogP contribution is 2.54. The van der Waals surface area contributed by atoms with Crippen molar-refractivity contribution in [3.63, 3.8) is 0 Å². The largest absolute Gasteiger partial charge is 0.456 e. The maximum atomic E-state index is 6.77. The van der Waals surface area contributed by atoms with E-state index >= 15 is 0 Å². The van der Waals surface area contributed by atoms with Crippen molar-refractivity contribution in [1.82, 2.24) is 18.8 Å². The molecule has 0 amide bonds. The van der Waals surface area contributed by atoms with E-state index < -0.39 is 0 Å². The molecule has 0 spiro atoms. The second kappa shape index (κ2) is 8.57. The van der Waals surface area contributed by atoms with E-state index in [-0.39, 0.29) is 21.7 Å². The summed E-state index contributed by atoms with van der Waals surface area (Å²) >= 11 is 0. The first-order valence-corrected chi connectivity index (χ1v) is 19.2. The molecule has 6 heteroatoms. The van der Waals surface area contributed by atoms with Gasteiger partial charge in [-0.05, 0) is 58.3 Å². The van der Waals surface area contributed by atoms with Gasteiger partial charge in [0.1, 0.15) is 33.6 Å². The molecule has 6 aromatic heterocycles. The number of para-hydroxylation sites is 2. The van der Waals surface area contributed by atoms with E-state index in [0.29, 0.717) is 0 Å². The minimum Gasteiger partial charge on any atom is -0.456 e. The Kier molecular flexibility index (Phi) is 4.69. The summed E-state index contributed by atoms with van der Waals surface area (Å²) in [5.41, 5.74) is 12.7. The molecular formula is C48H38N4O2. The first kappa shape index (κ1) is 29.6. The summed E-state index contributed by atoms with van der Waals surface area (Å²) in [5, 5.41) is 11.3. The number of hydrogen-bond donors (Lipinski definition) is 0. The maximum absolute atomic E-state index is 6.77. The number of hydrogen-bond acceptors (Lipinski definition) is 4. The second-order valence-corrected chi connectivity index (χ2v) is 18.3. The minimum atomic E-state index is -0.114. The van der Waals surface area contributed by atoms with E-state index in [1.165, 1.54) is 44.3 Å². The standard InChI is InChI=1S/C48H38N4O2/c1-45(2)31-13-9-11-23-25-19-35-29(17-27(25)43-49-21-37(47(45,5)6)51(43)41(23)31)39-33(53-35)15-16-34-40(39)30-18-28-26(20-36(30)54-34)24-12-10-14-32-42(24)52-38(22-50-44(28)52)48(7,8)46(32,3)4/h9-22H,1-8H3. The molecule has 6 nitrogen and oxygen atoms in total. The Morgan fingerprint density at radius 2 is 0.852 bits per heavy atom. The van der Waals surface area contributed by atoms with Crippen LogP contribution in [-0.4, -0.2) is 18.8 Å². The van der Waals surface area contributed by atoms with Gasteiger partial charge in [-0.15, -0.1) is 0 Å². The van der Waals surface area contributed by atoms with Crippen LogP contribution in [0.2, 0.25) is 0 Å². The molecule has 5 aromatic carbocycles. The molecule has 0 aliphatic carbocycles. The number of furan rings is 2. The van der Waals surface area contributed by atoms with Gasteiger partial charge in [0.15, 0.2) is 0 Å². The number of pyridine rings is 2. The lowest BCUT2D eigenvalue weighted by Gasteiger charge is -2.45. The molecule has 0 unspecified atom stereocenters. The lowest BCUT2D eigenvalue weighted by atomic mass is 9.61. The summed E-state index contributed by atoms with van der Waals surface area (Å²) < 4.78 is 18.4. The summed E-state index contributed by atoms with van der Waals surface area (Å²) in [6.07, 6.45) is 4.21. The number of rotatable bonds is 0. The molecule has 0 N–H and O–H groups in total. The predicted octanol–water partition coefficient (Wildman–Crippen LogP) is 12.5. The van der Waals surface area contributed by atoms with Gasteiger partial charge in [-0.25, -0.2) is 9.97 Å². The summed E-state index contributed by atoms with van der Waals surface area (Å²) in [4.78, 5) is 10.3. The van der Waals surface area contributed by atoms with E-state index in [2.05, 4.69) is 149 Å². The van der Waals surface area contributed by atoms with Crippen LogP contribution < -0.4 is 0 Å². The Balaban J connectivity index is 1.18. The van der Waals surface area contributed by atoms with Gasteiger partial charge in [-0.3, -0.25) is 8.80 Å². The first-order chi connectivity index (χ1) is 25.8. The Morgan fingerprint density at radius 3 is 1.28 bits per heavy atom. The molecule has 8 heterocycles. The van der Waals surface area contributed by atoms with Crippen LogP contribution in [0, 0.1) is 0 Å². The lowest BCUT2D eigenvalue weighted by molar-refractivity contribution is 0.288. The molecule has 0 atom stereocenters. The van der Waals surface area contributed by atoms with E-state index in [0.717, 1.165) is 76.7 Å². The van der Waals surface area contributed by atoms with Crippen molar-refractivity contribution >= 4 is 98.5 Å². The zero-order valence-electron chi connectivity index (χ0n) is 31.7. The summed E-state index contributed by atoms with van der Waals surface area (Å²) in [7, 11) is 0. The van der Waals surface area contributed by atoms with Crippen LogP contribution in [0.4, 0.5) is 0 Å². The monoisotopic (exact) mass is 702 g/mol. The second-order valence-electron chi connectivity index (χ2n) is 18.3. The average molecular weight is 703 g/mol. The van der Waals surface area contributed by atoms with E-state index in [1.807, 2.05) is 0 Å². The van der Waals surface area contributed by atoms with Gasteiger partial charge in [0.25, 0.3) is 0 Å². The molecule has 0 fully saturated rings. The van der Waals surface area contributed by atoms with Gasteiger partial charge in [-0.2, -0.15) is 0 Å². The Labute approximate surface area is 310 Å². The lowest BCUT2D eigenvalue weighted by Crippen LogP contribution is -2.44. The van der Waals surface area contributed by atoms with Crippen LogP contribution in [0.1, 0.15) is 77.9 Å². The fraction of sp³-hybridized carbons (Fsp3) is 0.250. The Morgan fingerprint density at radius 1 is 0.426 bits per heavy atom. The molecule has 0 radical (unpaired) electrons. The van der Waals surface area contributed by atoms with Crippen LogP contribution in [-0.2, 0) is 21.7 Å². The third-order valence-corrected chi connectivity index (χ3v) is 15.2. The van der Waals surface area contributed by atoms with Gasteiger partial charge in [0.2, 0.25) is 0 Å². The number of aromatic nitrogens is 4. The normalized spacial score (nSPS) is 18.2. The van der Waals surface area contributed by atoms with Crippen LogP contribution >= 0.6 is 0 Å². The van der Waals surface area contributed by atoms with Crippen molar-refractivity contribution in [3.8, 4) is 0 Å². The van der Waals surface area contributed by atoms with Gasteiger partial charge in [-0.1, -0.05) is 91.8 Å². The number of nitrogens with zero attached hydrogens (tertiary/aromatic N) is 4. The zero-order valence-corrected chi connectivity index (χ0v) is 31.7. The third kappa shape index (κ3) is 2.93. The SMILES string of the molecule is CC1(C)c2cccc3c4cc5oc6ccc7oc8cc9c(cc8c7c6c5cc4c4ncc(n4c23)C1(C)C)c1ncc2n1c1c(cccc91)C(C)(C)C2(C)C. The fourth-order valence-corrected chi connectivity index (χ4v) is 10.8. The molecule has 54 heavy (non-hydrogen) atoms. The average Bonchev–Trinajstić information content (AvgIpc) is 3.94. The number of benzene rings is 5. The Hall–Kier alpha value is -5.88. The van der Waals surface area contributed by atoms with Crippen LogP contribution in [0.15, 0.2) is 94.0 Å². The zero-order chi connectivity index (χ0) is 36.6. The topological polar surface area (TPSA) is 60.9 Å². The molecular weight excluding hydrogens is 665 g/mol. The molecule has 11 aromatic rings.